The molecule has 1 aliphatic rings. The van der Waals surface area contributed by atoms with Crippen LogP contribution in [0.2, 0.25) is 0 Å². The number of fused-ring (bicyclic) bond motifs is 2. The molecule has 12 heteroatoms. The predicted molar refractivity (Wildman–Crippen MR) is 123 cm³/mol. The number of nitrogens with zero attached hydrogens (tertiary/aromatic N) is 4. The minimum Gasteiger partial charge on any atom is -0.463 e. The highest BCUT2D eigenvalue weighted by Crippen LogP contribution is 2.29. The maximum atomic E-state index is 13.2. The SMILES string of the molecule is COn1c(NCc2ccc(C(F)(F)F)cc2)nc2c(c1=O)CN(C(=O)c1cc3occc3n1C)CC2. The van der Waals surface area contributed by atoms with Crippen LogP contribution >= 0.6 is 0 Å². The van der Waals surface area contributed by atoms with Gasteiger partial charge in [0.2, 0.25) is 5.95 Å². The summed E-state index contributed by atoms with van der Waals surface area (Å²) in [4.78, 5) is 37.7. The zero-order chi connectivity index (χ0) is 25.6. The summed E-state index contributed by atoms with van der Waals surface area (Å²) in [7, 11) is 3.08. The average Bonchev–Trinajstić information content (AvgIpc) is 3.45. The number of alkyl halides is 3. The van der Waals surface area contributed by atoms with E-state index in [1.807, 2.05) is 0 Å². The quantitative estimate of drug-likeness (QED) is 0.452. The minimum atomic E-state index is -4.41. The second kappa shape index (κ2) is 8.77. The fourth-order valence-corrected chi connectivity index (χ4v) is 4.32. The number of rotatable bonds is 5. The molecule has 1 N–H and O–H groups in total. The van der Waals surface area contributed by atoms with E-state index in [-0.39, 0.29) is 24.9 Å². The van der Waals surface area contributed by atoms with Gasteiger partial charge in [0.1, 0.15) is 12.8 Å². The average molecular weight is 501 g/mol. The highest BCUT2D eigenvalue weighted by atomic mass is 19.4. The maximum absolute atomic E-state index is 13.2. The molecular weight excluding hydrogens is 479 g/mol. The third-order valence-electron chi connectivity index (χ3n) is 6.28. The van der Waals surface area contributed by atoms with E-state index in [1.54, 1.807) is 34.9 Å². The molecule has 0 bridgehead atoms. The molecule has 0 atom stereocenters. The largest absolute Gasteiger partial charge is 0.463 e. The van der Waals surface area contributed by atoms with Crippen LogP contribution in [0.25, 0.3) is 11.1 Å². The fraction of sp³-hybridized carbons (Fsp3) is 0.292. The summed E-state index contributed by atoms with van der Waals surface area (Å²) < 4.78 is 46.5. The topological polar surface area (TPSA) is 94.5 Å². The third-order valence-corrected chi connectivity index (χ3v) is 6.28. The van der Waals surface area contributed by atoms with Crippen molar-refractivity contribution in [2.24, 2.45) is 7.05 Å². The Morgan fingerprint density at radius 2 is 1.97 bits per heavy atom. The van der Waals surface area contributed by atoms with Gasteiger partial charge in [-0.05, 0) is 17.7 Å². The summed E-state index contributed by atoms with van der Waals surface area (Å²) in [5.74, 6) is -0.105. The highest BCUT2D eigenvalue weighted by molar-refractivity contribution is 5.97. The number of carbonyl (C=O) groups excluding carboxylic acids is 1. The molecular formula is C24H22F3N5O4. The van der Waals surface area contributed by atoms with Crippen LogP contribution in [0, 0.1) is 0 Å². The van der Waals surface area contributed by atoms with E-state index >= 15 is 0 Å². The summed E-state index contributed by atoms with van der Waals surface area (Å²) >= 11 is 0. The number of benzene rings is 1. The molecule has 1 amide bonds. The number of halogens is 3. The maximum Gasteiger partial charge on any atom is 0.416 e. The molecule has 1 aliphatic heterocycles. The minimum absolute atomic E-state index is 0.0646. The molecule has 3 aromatic heterocycles. The lowest BCUT2D eigenvalue weighted by atomic mass is 10.1. The Morgan fingerprint density at radius 1 is 1.22 bits per heavy atom. The fourth-order valence-electron chi connectivity index (χ4n) is 4.32. The molecule has 0 aliphatic carbocycles. The number of hydrogen-bond acceptors (Lipinski definition) is 6. The van der Waals surface area contributed by atoms with Crippen molar-refractivity contribution in [2.45, 2.75) is 25.7 Å². The van der Waals surface area contributed by atoms with Gasteiger partial charge in [-0.15, -0.1) is 4.73 Å². The smallest absolute Gasteiger partial charge is 0.416 e. The Hall–Kier alpha value is -4.22. The molecule has 1 aromatic carbocycles. The molecule has 4 aromatic rings. The lowest BCUT2D eigenvalue weighted by Crippen LogP contribution is -2.42. The number of aromatic nitrogens is 3. The van der Waals surface area contributed by atoms with E-state index in [0.29, 0.717) is 41.1 Å². The summed E-state index contributed by atoms with van der Waals surface area (Å²) in [5.41, 5.74) is 2.09. The molecule has 0 fully saturated rings. The Labute approximate surface area is 202 Å². The van der Waals surface area contributed by atoms with E-state index in [9.17, 15) is 22.8 Å². The summed E-state index contributed by atoms with van der Waals surface area (Å²) in [6.45, 7) is 0.557. The van der Waals surface area contributed by atoms with Crippen LogP contribution in [0.5, 0.6) is 0 Å². The second-order valence-electron chi connectivity index (χ2n) is 8.43. The van der Waals surface area contributed by atoms with Gasteiger partial charge in [0.25, 0.3) is 11.5 Å². The van der Waals surface area contributed by atoms with E-state index in [0.717, 1.165) is 22.4 Å². The van der Waals surface area contributed by atoms with Gasteiger partial charge < -0.3 is 24.0 Å². The first-order chi connectivity index (χ1) is 17.2. The number of hydrogen-bond donors (Lipinski definition) is 1. The first-order valence-corrected chi connectivity index (χ1v) is 11.1. The van der Waals surface area contributed by atoms with Crippen molar-refractivity contribution < 1.29 is 27.2 Å². The molecule has 0 saturated carbocycles. The molecule has 4 heterocycles. The number of carbonyl (C=O) groups is 1. The Kier molecular flexibility index (Phi) is 5.73. The predicted octanol–water partition coefficient (Wildman–Crippen LogP) is 3.22. The normalized spacial score (nSPS) is 13.6. The van der Waals surface area contributed by atoms with Gasteiger partial charge in [0.15, 0.2) is 5.58 Å². The first kappa shape index (κ1) is 23.5. The van der Waals surface area contributed by atoms with E-state index < -0.39 is 17.3 Å². The van der Waals surface area contributed by atoms with Crippen LogP contribution in [0.1, 0.15) is 32.9 Å². The van der Waals surface area contributed by atoms with Crippen LogP contribution < -0.4 is 15.7 Å². The van der Waals surface area contributed by atoms with Crippen molar-refractivity contribution in [3.63, 3.8) is 0 Å². The molecule has 5 rings (SSSR count). The van der Waals surface area contributed by atoms with Crippen molar-refractivity contribution in [1.29, 1.82) is 0 Å². The van der Waals surface area contributed by atoms with Crippen LogP contribution in [0.4, 0.5) is 19.1 Å². The van der Waals surface area contributed by atoms with E-state index in [2.05, 4.69) is 10.3 Å². The molecule has 0 spiro atoms. The van der Waals surface area contributed by atoms with Crippen molar-refractivity contribution in [2.75, 3.05) is 19.0 Å². The Balaban J connectivity index is 1.36. The van der Waals surface area contributed by atoms with Gasteiger partial charge in [-0.3, -0.25) is 9.59 Å². The van der Waals surface area contributed by atoms with Gasteiger partial charge in [0.05, 0.1) is 35.1 Å². The standard InChI is InChI=1S/C24H22F3N5O4/c1-30-18-8-10-36-20(18)11-19(30)22(34)31-9-7-17-16(13-31)21(33)32(35-2)23(29-17)28-12-14-3-5-15(6-4-14)24(25,26)27/h3-6,8,10-11H,7,9,12-13H2,1-2H3,(H,28,29). The van der Waals surface area contributed by atoms with Gasteiger partial charge >= 0.3 is 6.18 Å². The summed E-state index contributed by atoms with van der Waals surface area (Å²) in [6.07, 6.45) is -2.50. The highest BCUT2D eigenvalue weighted by Gasteiger charge is 2.31. The number of furan rings is 1. The first-order valence-electron chi connectivity index (χ1n) is 11.1. The second-order valence-corrected chi connectivity index (χ2v) is 8.43. The van der Waals surface area contributed by atoms with Crippen LogP contribution in [-0.4, -0.2) is 38.7 Å². The lowest BCUT2D eigenvalue weighted by molar-refractivity contribution is -0.137. The molecule has 9 nitrogen and oxygen atoms in total. The zero-order valence-electron chi connectivity index (χ0n) is 19.4. The molecule has 0 saturated heterocycles. The third kappa shape index (κ3) is 4.08. The van der Waals surface area contributed by atoms with Gasteiger partial charge in [-0.1, -0.05) is 12.1 Å². The van der Waals surface area contributed by atoms with Crippen molar-refractivity contribution in [1.82, 2.24) is 19.2 Å². The Bertz CT molecular complexity index is 1500. The molecule has 36 heavy (non-hydrogen) atoms. The number of amides is 1. The Morgan fingerprint density at radius 3 is 2.64 bits per heavy atom. The van der Waals surface area contributed by atoms with Crippen LogP contribution in [0.3, 0.4) is 0 Å². The van der Waals surface area contributed by atoms with Crippen molar-refractivity contribution in [3.8, 4) is 0 Å². The lowest BCUT2D eigenvalue weighted by Gasteiger charge is -2.28. The van der Waals surface area contributed by atoms with Crippen molar-refractivity contribution in [3.05, 3.63) is 81.1 Å². The van der Waals surface area contributed by atoms with Gasteiger partial charge in [-0.25, -0.2) is 4.98 Å². The zero-order valence-corrected chi connectivity index (χ0v) is 19.4. The van der Waals surface area contributed by atoms with Crippen LogP contribution in [0.15, 0.2) is 51.9 Å². The van der Waals surface area contributed by atoms with Gasteiger partial charge in [0, 0.05) is 38.7 Å². The number of anilines is 1. The van der Waals surface area contributed by atoms with Crippen molar-refractivity contribution >= 4 is 23.0 Å². The summed E-state index contributed by atoms with van der Waals surface area (Å²) in [6, 6.07) is 8.15. The number of aryl methyl sites for hydroxylation is 1. The van der Waals surface area contributed by atoms with Gasteiger partial charge in [-0.2, -0.15) is 13.2 Å². The molecule has 0 radical (unpaired) electrons. The van der Waals surface area contributed by atoms with Crippen LogP contribution in [-0.2, 0) is 32.7 Å². The van der Waals surface area contributed by atoms with E-state index in [4.69, 9.17) is 9.25 Å². The monoisotopic (exact) mass is 501 g/mol. The molecule has 0 unspecified atom stereocenters. The molecule has 188 valence electrons. The summed E-state index contributed by atoms with van der Waals surface area (Å²) in [5, 5.41) is 2.96. The number of nitrogens with one attached hydrogen (secondary N) is 1. The van der Waals surface area contributed by atoms with E-state index in [1.165, 1.54) is 19.2 Å².